The first-order valence-corrected chi connectivity index (χ1v) is 36.2. The first-order chi connectivity index (χ1) is 39.0. The van der Waals surface area contributed by atoms with Crippen LogP contribution < -0.4 is 0 Å². The van der Waals surface area contributed by atoms with Crippen molar-refractivity contribution < 1.29 is 28.6 Å². The fourth-order valence-corrected chi connectivity index (χ4v) is 11.3. The summed E-state index contributed by atoms with van der Waals surface area (Å²) in [5, 5.41) is 0. The molecule has 0 amide bonds. The number of carbonyl (C=O) groups excluding carboxylic acids is 3. The Balaban J connectivity index is 4.09. The van der Waals surface area contributed by atoms with Gasteiger partial charge in [-0.2, -0.15) is 0 Å². The molecule has 6 heteroatoms. The van der Waals surface area contributed by atoms with Gasteiger partial charge in [-0.05, 0) is 38.5 Å². The van der Waals surface area contributed by atoms with Crippen molar-refractivity contribution in [3.63, 3.8) is 0 Å². The lowest BCUT2D eigenvalue weighted by atomic mass is 10.0. The largest absolute Gasteiger partial charge is 0.462 e. The molecule has 468 valence electrons. The third-order valence-corrected chi connectivity index (χ3v) is 16.8. The SMILES string of the molecule is CCCC/C=C\CCCCCCCC(=O)OCC(COC(=O)CCCCCCCCCCCCCCCCCCCCCCCCCCCCCCCC)OC(=O)CCCCCCCCCCCCCCCCCCCCCC. The van der Waals surface area contributed by atoms with Crippen LogP contribution in [-0.4, -0.2) is 37.2 Å². The Morgan fingerprint density at radius 1 is 0.241 bits per heavy atom. The highest BCUT2D eigenvalue weighted by Gasteiger charge is 2.19. The molecule has 0 bridgehead atoms. The summed E-state index contributed by atoms with van der Waals surface area (Å²) >= 11 is 0. The molecular weight excluding hydrogens is 973 g/mol. The molecule has 0 fully saturated rings. The minimum Gasteiger partial charge on any atom is -0.462 e. The maximum atomic E-state index is 12.9. The Morgan fingerprint density at radius 2 is 0.430 bits per heavy atom. The minimum absolute atomic E-state index is 0.0659. The molecule has 0 aliphatic rings. The molecule has 0 spiro atoms. The summed E-state index contributed by atoms with van der Waals surface area (Å²) in [7, 11) is 0. The first kappa shape index (κ1) is 77.2. The van der Waals surface area contributed by atoms with Gasteiger partial charge in [0.2, 0.25) is 0 Å². The average Bonchev–Trinajstić information content (AvgIpc) is 3.45. The van der Waals surface area contributed by atoms with Crippen LogP contribution in [0.3, 0.4) is 0 Å². The molecule has 0 aromatic carbocycles. The van der Waals surface area contributed by atoms with Crippen molar-refractivity contribution in [3.05, 3.63) is 12.2 Å². The molecule has 6 nitrogen and oxygen atoms in total. The zero-order valence-corrected chi connectivity index (χ0v) is 53.9. The molecule has 79 heavy (non-hydrogen) atoms. The second kappa shape index (κ2) is 68.6. The number of hydrogen-bond donors (Lipinski definition) is 0. The Morgan fingerprint density at radius 3 is 0.671 bits per heavy atom. The van der Waals surface area contributed by atoms with Crippen LogP contribution in [-0.2, 0) is 28.6 Å². The fraction of sp³-hybridized carbons (Fsp3) is 0.932. The van der Waals surface area contributed by atoms with Gasteiger partial charge in [0.15, 0.2) is 6.10 Å². The lowest BCUT2D eigenvalue weighted by molar-refractivity contribution is -0.167. The van der Waals surface area contributed by atoms with E-state index in [9.17, 15) is 14.4 Å². The van der Waals surface area contributed by atoms with Crippen molar-refractivity contribution in [2.45, 2.75) is 425 Å². The van der Waals surface area contributed by atoms with E-state index >= 15 is 0 Å². The lowest BCUT2D eigenvalue weighted by Gasteiger charge is -2.18. The molecule has 1 unspecified atom stereocenters. The number of allylic oxidation sites excluding steroid dienone is 2. The lowest BCUT2D eigenvalue weighted by Crippen LogP contribution is -2.30. The smallest absolute Gasteiger partial charge is 0.306 e. The highest BCUT2D eigenvalue weighted by atomic mass is 16.6. The molecule has 0 saturated carbocycles. The molecule has 0 saturated heterocycles. The number of hydrogen-bond acceptors (Lipinski definition) is 6. The van der Waals surface area contributed by atoms with Crippen LogP contribution in [0.15, 0.2) is 12.2 Å². The molecule has 0 N–H and O–H groups in total. The molecule has 0 rings (SSSR count). The van der Waals surface area contributed by atoms with Crippen molar-refractivity contribution in [1.29, 1.82) is 0 Å². The van der Waals surface area contributed by atoms with Gasteiger partial charge in [0.1, 0.15) is 13.2 Å². The molecule has 0 heterocycles. The van der Waals surface area contributed by atoms with Crippen LogP contribution in [0, 0.1) is 0 Å². The Labute approximate surface area is 494 Å². The van der Waals surface area contributed by atoms with Crippen molar-refractivity contribution in [1.82, 2.24) is 0 Å². The van der Waals surface area contributed by atoms with E-state index in [0.29, 0.717) is 19.3 Å². The summed E-state index contributed by atoms with van der Waals surface area (Å²) in [6.45, 7) is 6.69. The van der Waals surface area contributed by atoms with Crippen LogP contribution in [0.25, 0.3) is 0 Å². The Hall–Kier alpha value is -1.85. The predicted octanol–water partition coefficient (Wildman–Crippen LogP) is 24.8. The van der Waals surface area contributed by atoms with Crippen LogP contribution in [0.1, 0.15) is 419 Å². The number of rotatable bonds is 68. The topological polar surface area (TPSA) is 78.9 Å². The van der Waals surface area contributed by atoms with Crippen LogP contribution in [0.4, 0.5) is 0 Å². The van der Waals surface area contributed by atoms with Crippen LogP contribution >= 0.6 is 0 Å². The summed E-state index contributed by atoms with van der Waals surface area (Å²) in [6, 6.07) is 0. The van der Waals surface area contributed by atoms with Gasteiger partial charge < -0.3 is 14.2 Å². The monoisotopic (exact) mass is 1110 g/mol. The third-order valence-electron chi connectivity index (χ3n) is 16.8. The summed E-state index contributed by atoms with van der Waals surface area (Å²) in [5.74, 6) is -0.842. The highest BCUT2D eigenvalue weighted by Crippen LogP contribution is 2.19. The maximum Gasteiger partial charge on any atom is 0.306 e. The zero-order chi connectivity index (χ0) is 57.1. The summed E-state index contributed by atoms with van der Waals surface area (Å²) in [6.07, 6.45) is 82.7. The van der Waals surface area contributed by atoms with Crippen molar-refractivity contribution in [2.75, 3.05) is 13.2 Å². The van der Waals surface area contributed by atoms with E-state index in [-0.39, 0.29) is 31.1 Å². The second-order valence-corrected chi connectivity index (χ2v) is 24.9. The van der Waals surface area contributed by atoms with E-state index in [4.69, 9.17) is 14.2 Å². The molecule has 0 aromatic rings. The Bertz CT molecular complexity index is 1230. The molecule has 0 radical (unpaired) electrons. The van der Waals surface area contributed by atoms with E-state index in [1.807, 2.05) is 0 Å². The van der Waals surface area contributed by atoms with E-state index < -0.39 is 6.10 Å². The van der Waals surface area contributed by atoms with Gasteiger partial charge in [-0.15, -0.1) is 0 Å². The number of carbonyl (C=O) groups is 3. The molecule has 0 aliphatic carbocycles. The number of esters is 3. The van der Waals surface area contributed by atoms with E-state index in [1.54, 1.807) is 0 Å². The summed E-state index contributed by atoms with van der Waals surface area (Å²) in [5.41, 5.74) is 0. The van der Waals surface area contributed by atoms with Crippen molar-refractivity contribution >= 4 is 17.9 Å². The van der Waals surface area contributed by atoms with Crippen molar-refractivity contribution in [2.24, 2.45) is 0 Å². The van der Waals surface area contributed by atoms with Gasteiger partial charge in [-0.1, -0.05) is 373 Å². The number of unbranched alkanes of at least 4 members (excludes halogenated alkanes) is 55. The highest BCUT2D eigenvalue weighted by molar-refractivity contribution is 5.71. The quantitative estimate of drug-likeness (QED) is 0.0261. The van der Waals surface area contributed by atoms with Gasteiger partial charge in [0.25, 0.3) is 0 Å². The van der Waals surface area contributed by atoms with Gasteiger partial charge in [0.05, 0.1) is 0 Å². The van der Waals surface area contributed by atoms with Gasteiger partial charge in [-0.3, -0.25) is 14.4 Å². The van der Waals surface area contributed by atoms with Crippen LogP contribution in [0.2, 0.25) is 0 Å². The minimum atomic E-state index is -0.769. The number of ether oxygens (including phenoxy) is 3. The van der Waals surface area contributed by atoms with E-state index in [1.165, 1.54) is 315 Å². The van der Waals surface area contributed by atoms with Gasteiger partial charge >= 0.3 is 17.9 Å². The molecule has 1 atom stereocenters. The van der Waals surface area contributed by atoms with Crippen LogP contribution in [0.5, 0.6) is 0 Å². The van der Waals surface area contributed by atoms with Crippen molar-refractivity contribution in [3.8, 4) is 0 Å². The molecule has 0 aromatic heterocycles. The molecular formula is C73H140O6. The Kier molecular flexibility index (Phi) is 67.0. The predicted molar refractivity (Wildman–Crippen MR) is 344 cm³/mol. The average molecular weight is 1110 g/mol. The first-order valence-electron chi connectivity index (χ1n) is 36.2. The summed E-state index contributed by atoms with van der Waals surface area (Å²) < 4.78 is 17.0. The van der Waals surface area contributed by atoms with Gasteiger partial charge in [-0.25, -0.2) is 0 Å². The van der Waals surface area contributed by atoms with E-state index in [0.717, 1.165) is 64.2 Å². The second-order valence-electron chi connectivity index (χ2n) is 24.9. The normalized spacial score (nSPS) is 12.0. The fourth-order valence-electron chi connectivity index (χ4n) is 11.3. The maximum absolute atomic E-state index is 12.9. The standard InChI is InChI=1S/C73H140O6/c1-4-7-10-13-16-19-22-24-26-28-30-32-33-34-35-36-37-38-39-40-41-43-44-46-48-51-54-57-60-63-66-72(75)78-69-70(68-77-71(74)65-62-59-56-53-50-21-18-15-12-9-6-3)79-73(76)67-64-61-58-55-52-49-47-45-42-31-29-27-25-23-20-17-14-11-8-5-2/h15,18,70H,4-14,16-17,19-69H2,1-3H3/b18-15-. The third kappa shape index (κ3) is 66.8. The zero-order valence-electron chi connectivity index (χ0n) is 53.9. The van der Waals surface area contributed by atoms with E-state index in [2.05, 4.69) is 32.9 Å². The van der Waals surface area contributed by atoms with Gasteiger partial charge in [0, 0.05) is 19.3 Å². The summed E-state index contributed by atoms with van der Waals surface area (Å²) in [4.78, 5) is 38.3. The molecule has 0 aliphatic heterocycles.